The van der Waals surface area contributed by atoms with E-state index in [1.807, 2.05) is 42.5 Å². The average molecular weight is 702 g/mol. The van der Waals surface area contributed by atoms with Crippen molar-refractivity contribution < 1.29 is 4.42 Å². The summed E-state index contributed by atoms with van der Waals surface area (Å²) >= 11 is 0. The van der Waals surface area contributed by atoms with Gasteiger partial charge in [0, 0.05) is 27.5 Å². The third kappa shape index (κ3) is 5.11. The average Bonchev–Trinajstić information content (AvgIpc) is 3.65. The number of nitrogens with zero attached hydrogens (tertiary/aromatic N) is 3. The first kappa shape index (κ1) is 31.1. The molecule has 0 atom stereocenters. The second-order valence-corrected chi connectivity index (χ2v) is 13.9. The second-order valence-electron chi connectivity index (χ2n) is 13.9. The number of para-hydroxylation sites is 1. The van der Waals surface area contributed by atoms with E-state index in [0.29, 0.717) is 17.5 Å². The Balaban J connectivity index is 1.20. The van der Waals surface area contributed by atoms with Gasteiger partial charge in [-0.2, -0.15) is 0 Å². The Morgan fingerprint density at radius 1 is 0.291 bits per heavy atom. The molecule has 4 nitrogen and oxygen atoms in total. The molecule has 2 heterocycles. The van der Waals surface area contributed by atoms with Crippen LogP contribution in [0.25, 0.3) is 111 Å². The molecule has 9 aromatic carbocycles. The van der Waals surface area contributed by atoms with Crippen LogP contribution in [-0.2, 0) is 0 Å². The molecule has 0 spiro atoms. The molecule has 0 saturated carbocycles. The standard InChI is InChI=1S/C51H31N3O/c1-2-15-32(16-3-1)35-18-6-10-23-40(35)49-52-50(54-51(53-49)43-26-14-28-46-48(43)42-25-12-13-27-45(42)55-46)41-24-11-8-21-38(41)44-31-34-30-29-33-17-4-5-19-36(33)47(34)39-22-9-7-20-37(39)44/h1-31H. The Morgan fingerprint density at radius 2 is 0.818 bits per heavy atom. The van der Waals surface area contributed by atoms with Gasteiger partial charge < -0.3 is 4.42 Å². The summed E-state index contributed by atoms with van der Waals surface area (Å²) in [5.74, 6) is 1.80. The van der Waals surface area contributed by atoms with Crippen LogP contribution in [-0.4, -0.2) is 15.0 Å². The van der Waals surface area contributed by atoms with Gasteiger partial charge in [-0.1, -0.05) is 170 Å². The maximum absolute atomic E-state index is 6.33. The number of hydrogen-bond acceptors (Lipinski definition) is 4. The van der Waals surface area contributed by atoms with E-state index in [4.69, 9.17) is 19.4 Å². The summed E-state index contributed by atoms with van der Waals surface area (Å²) in [7, 11) is 0. The van der Waals surface area contributed by atoms with Crippen molar-refractivity contribution in [1.82, 2.24) is 15.0 Å². The van der Waals surface area contributed by atoms with Gasteiger partial charge in [0.25, 0.3) is 0 Å². The van der Waals surface area contributed by atoms with Crippen molar-refractivity contribution in [3.63, 3.8) is 0 Å². The SMILES string of the molecule is c1ccc(-c2ccccc2-c2nc(-c3ccccc3-c3cc4ccc5ccccc5c4c4ccccc34)nc(-c3cccc4oc5ccccc5c34)n2)cc1. The Morgan fingerprint density at radius 3 is 1.60 bits per heavy atom. The number of benzene rings is 9. The van der Waals surface area contributed by atoms with E-state index in [-0.39, 0.29) is 0 Å². The maximum Gasteiger partial charge on any atom is 0.164 e. The molecule has 0 bridgehead atoms. The lowest BCUT2D eigenvalue weighted by Crippen LogP contribution is -2.02. The molecule has 11 aromatic rings. The molecule has 0 fully saturated rings. The normalized spacial score (nSPS) is 11.6. The van der Waals surface area contributed by atoms with Crippen LogP contribution in [0.4, 0.5) is 0 Å². The Labute approximate surface area is 317 Å². The van der Waals surface area contributed by atoms with Crippen LogP contribution in [0.2, 0.25) is 0 Å². The van der Waals surface area contributed by atoms with Crippen LogP contribution in [0.1, 0.15) is 0 Å². The smallest absolute Gasteiger partial charge is 0.164 e. The molecule has 11 rings (SSSR count). The zero-order valence-electron chi connectivity index (χ0n) is 29.6. The van der Waals surface area contributed by atoms with Crippen LogP contribution in [0.15, 0.2) is 192 Å². The molecule has 0 aliphatic carbocycles. The first-order valence-corrected chi connectivity index (χ1v) is 18.5. The van der Waals surface area contributed by atoms with Crippen molar-refractivity contribution in [3.05, 3.63) is 188 Å². The van der Waals surface area contributed by atoms with E-state index >= 15 is 0 Å². The molecule has 4 heteroatoms. The molecule has 0 N–H and O–H groups in total. The van der Waals surface area contributed by atoms with E-state index in [1.54, 1.807) is 0 Å². The zero-order chi connectivity index (χ0) is 36.3. The minimum absolute atomic E-state index is 0.588. The van der Waals surface area contributed by atoms with Crippen molar-refractivity contribution in [2.45, 2.75) is 0 Å². The van der Waals surface area contributed by atoms with Gasteiger partial charge in [-0.15, -0.1) is 0 Å². The van der Waals surface area contributed by atoms with Crippen molar-refractivity contribution in [2.75, 3.05) is 0 Å². The monoisotopic (exact) mass is 701 g/mol. The Kier molecular flexibility index (Phi) is 7.14. The number of rotatable bonds is 5. The van der Waals surface area contributed by atoms with Crippen molar-refractivity contribution in [1.29, 1.82) is 0 Å². The fourth-order valence-electron chi connectivity index (χ4n) is 8.26. The van der Waals surface area contributed by atoms with E-state index in [9.17, 15) is 0 Å². The highest BCUT2D eigenvalue weighted by Crippen LogP contribution is 2.43. The Bertz CT molecular complexity index is 3270. The summed E-state index contributed by atoms with van der Waals surface area (Å²) in [6.45, 7) is 0. The van der Waals surface area contributed by atoms with E-state index in [2.05, 4.69) is 146 Å². The number of furan rings is 1. The molecule has 0 saturated heterocycles. The van der Waals surface area contributed by atoms with Gasteiger partial charge >= 0.3 is 0 Å². The summed E-state index contributed by atoms with van der Waals surface area (Å²) in [5, 5.41) is 9.34. The van der Waals surface area contributed by atoms with Crippen LogP contribution in [0.3, 0.4) is 0 Å². The summed E-state index contributed by atoms with van der Waals surface area (Å²) in [6.07, 6.45) is 0. The molecular formula is C51H31N3O. The van der Waals surface area contributed by atoms with Crippen molar-refractivity contribution >= 4 is 54.3 Å². The predicted octanol–water partition coefficient (Wildman–Crippen LogP) is 13.6. The molecule has 0 aliphatic rings. The first-order chi connectivity index (χ1) is 27.3. The highest BCUT2D eigenvalue weighted by atomic mass is 16.3. The van der Waals surface area contributed by atoms with Crippen molar-refractivity contribution in [2.24, 2.45) is 0 Å². The van der Waals surface area contributed by atoms with E-state index in [1.165, 1.54) is 32.3 Å². The minimum Gasteiger partial charge on any atom is -0.456 e. The maximum atomic E-state index is 6.33. The van der Waals surface area contributed by atoms with Crippen molar-refractivity contribution in [3.8, 4) is 56.4 Å². The second kappa shape index (κ2) is 12.6. The summed E-state index contributed by atoms with van der Waals surface area (Å²) in [6, 6.07) is 65.7. The van der Waals surface area contributed by atoms with Gasteiger partial charge in [0.2, 0.25) is 0 Å². The highest BCUT2D eigenvalue weighted by Gasteiger charge is 2.21. The minimum atomic E-state index is 0.588. The van der Waals surface area contributed by atoms with Gasteiger partial charge in [-0.05, 0) is 72.8 Å². The number of fused-ring (bicyclic) bond motifs is 8. The van der Waals surface area contributed by atoms with E-state index < -0.39 is 0 Å². The van der Waals surface area contributed by atoms with Crippen LogP contribution >= 0.6 is 0 Å². The third-order valence-corrected chi connectivity index (χ3v) is 10.7. The van der Waals surface area contributed by atoms with Gasteiger partial charge in [0.05, 0.1) is 0 Å². The lowest BCUT2D eigenvalue weighted by molar-refractivity contribution is 0.669. The van der Waals surface area contributed by atoms with Crippen LogP contribution in [0.5, 0.6) is 0 Å². The van der Waals surface area contributed by atoms with Crippen LogP contribution in [0, 0.1) is 0 Å². The quantitative estimate of drug-likeness (QED) is 0.168. The largest absolute Gasteiger partial charge is 0.456 e. The molecule has 55 heavy (non-hydrogen) atoms. The summed E-state index contributed by atoms with van der Waals surface area (Å²) in [4.78, 5) is 16.0. The molecule has 0 amide bonds. The van der Waals surface area contributed by atoms with E-state index in [0.717, 1.165) is 60.9 Å². The fraction of sp³-hybridized carbons (Fsp3) is 0. The molecule has 0 unspecified atom stereocenters. The van der Waals surface area contributed by atoms with Gasteiger partial charge in [-0.25, -0.2) is 15.0 Å². The lowest BCUT2D eigenvalue weighted by Gasteiger charge is -2.16. The van der Waals surface area contributed by atoms with Crippen LogP contribution < -0.4 is 0 Å². The van der Waals surface area contributed by atoms with Gasteiger partial charge in [0.1, 0.15) is 11.2 Å². The molecule has 256 valence electrons. The number of hydrogen-bond donors (Lipinski definition) is 0. The lowest BCUT2D eigenvalue weighted by atomic mass is 9.89. The molecule has 2 aromatic heterocycles. The van der Waals surface area contributed by atoms with Gasteiger partial charge in [-0.3, -0.25) is 0 Å². The zero-order valence-corrected chi connectivity index (χ0v) is 29.6. The summed E-state index contributed by atoms with van der Waals surface area (Å²) < 4.78 is 6.33. The van der Waals surface area contributed by atoms with Gasteiger partial charge in [0.15, 0.2) is 17.5 Å². The first-order valence-electron chi connectivity index (χ1n) is 18.5. The molecular weight excluding hydrogens is 671 g/mol. The predicted molar refractivity (Wildman–Crippen MR) is 227 cm³/mol. The molecule has 0 radical (unpaired) electrons. The molecule has 0 aliphatic heterocycles. The summed E-state index contributed by atoms with van der Waals surface area (Å²) in [5.41, 5.74) is 8.72. The number of aromatic nitrogens is 3. The fourth-order valence-corrected chi connectivity index (χ4v) is 8.26. The Hall–Kier alpha value is -7.43. The topological polar surface area (TPSA) is 51.8 Å². The highest BCUT2D eigenvalue weighted by molar-refractivity contribution is 6.23. The third-order valence-electron chi connectivity index (χ3n) is 10.7.